The van der Waals surface area contributed by atoms with Gasteiger partial charge in [-0.3, -0.25) is 33.6 Å². The number of carbonyl (C=O) groups is 8. The summed E-state index contributed by atoms with van der Waals surface area (Å²) >= 11 is 0. The quantitative estimate of drug-likeness (QED) is 0.0412. The molecule has 1 heterocycles. The number of nitrogens with two attached hydrogens (primary N) is 4. The van der Waals surface area contributed by atoms with Crippen molar-refractivity contribution >= 4 is 47.4 Å². The van der Waals surface area contributed by atoms with Crippen molar-refractivity contribution in [3.05, 3.63) is 35.9 Å². The molecule has 1 saturated heterocycles. The number of nitrogens with zero attached hydrogens (tertiary/aromatic N) is 1. The fourth-order valence-corrected chi connectivity index (χ4v) is 6.97. The number of hydrogen-bond donors (Lipinski definition) is 11. The third-order valence-electron chi connectivity index (χ3n) is 10.4. The van der Waals surface area contributed by atoms with E-state index in [1.807, 2.05) is 0 Å². The highest BCUT2D eigenvalue weighted by atomic mass is 16.4. The smallest absolute Gasteiger partial charge is 0.326 e. The van der Waals surface area contributed by atoms with Crippen molar-refractivity contribution < 1.29 is 48.6 Å². The third-order valence-corrected chi connectivity index (χ3v) is 10.4. The highest BCUT2D eigenvalue weighted by Crippen LogP contribution is 2.20. The third kappa shape index (κ3) is 18.1. The zero-order valence-corrected chi connectivity index (χ0v) is 35.4. The van der Waals surface area contributed by atoms with E-state index in [9.17, 15) is 48.6 Å². The molecule has 0 unspecified atom stereocenters. The van der Waals surface area contributed by atoms with Gasteiger partial charge in [0.1, 0.15) is 36.3 Å². The largest absolute Gasteiger partial charge is 0.481 e. The van der Waals surface area contributed by atoms with Crippen LogP contribution in [0.25, 0.3) is 0 Å². The van der Waals surface area contributed by atoms with Gasteiger partial charge in [-0.15, -0.1) is 0 Å². The SMILES string of the molecule is CC(C)[C@H](NC(=O)[C@@H]1CCCN1C(=O)[C@@H](N)CCCCN)C(=O)N[C@@H](CC(=O)O)C(=O)N[C@@H](CCCCN)C(=O)N[C@@H](Cc1ccccc1)C(=O)N[C@@H](CCCCN)C(=O)O. The summed E-state index contributed by atoms with van der Waals surface area (Å²) in [5, 5.41) is 32.3. The molecule has 61 heavy (non-hydrogen) atoms. The van der Waals surface area contributed by atoms with E-state index in [0.717, 1.165) is 0 Å². The van der Waals surface area contributed by atoms with E-state index in [4.69, 9.17) is 22.9 Å². The number of rotatable bonds is 29. The van der Waals surface area contributed by atoms with Crippen LogP contribution in [0.3, 0.4) is 0 Å². The van der Waals surface area contributed by atoms with Crippen LogP contribution < -0.4 is 49.5 Å². The Morgan fingerprint density at radius 1 is 0.672 bits per heavy atom. The van der Waals surface area contributed by atoms with E-state index in [1.54, 1.807) is 44.2 Å². The lowest BCUT2D eigenvalue weighted by Gasteiger charge is -2.30. The van der Waals surface area contributed by atoms with Crippen LogP contribution in [0, 0.1) is 5.92 Å². The fraction of sp³-hybridized carbons (Fsp3) is 0.659. The van der Waals surface area contributed by atoms with Crippen LogP contribution in [0.2, 0.25) is 0 Å². The highest BCUT2D eigenvalue weighted by molar-refractivity contribution is 5.98. The summed E-state index contributed by atoms with van der Waals surface area (Å²) < 4.78 is 0. The molecule has 0 aliphatic carbocycles. The van der Waals surface area contributed by atoms with Gasteiger partial charge in [-0.05, 0) is 95.3 Å². The number of benzene rings is 1. The van der Waals surface area contributed by atoms with Crippen molar-refractivity contribution in [1.29, 1.82) is 0 Å². The molecule has 1 aliphatic rings. The summed E-state index contributed by atoms with van der Waals surface area (Å²) in [6, 6.07) is 0.0912. The van der Waals surface area contributed by atoms with Gasteiger partial charge in [0.15, 0.2) is 0 Å². The number of carboxylic acids is 2. The molecule has 1 aromatic rings. The normalized spacial score (nSPS) is 16.6. The fourth-order valence-electron chi connectivity index (χ4n) is 6.97. The van der Waals surface area contributed by atoms with E-state index < -0.39 is 102 Å². The van der Waals surface area contributed by atoms with Gasteiger partial charge in [-0.2, -0.15) is 0 Å². The summed E-state index contributed by atoms with van der Waals surface area (Å²) in [5.74, 6) is -7.76. The van der Waals surface area contributed by atoms with Crippen LogP contribution in [0.15, 0.2) is 30.3 Å². The van der Waals surface area contributed by atoms with Crippen LogP contribution in [-0.4, -0.2) is 131 Å². The maximum absolute atomic E-state index is 13.9. The Labute approximate surface area is 357 Å². The zero-order chi connectivity index (χ0) is 45.5. The predicted octanol–water partition coefficient (Wildman–Crippen LogP) is -1.43. The van der Waals surface area contributed by atoms with Crippen LogP contribution in [0.5, 0.6) is 0 Å². The Morgan fingerprint density at radius 3 is 1.74 bits per heavy atom. The lowest BCUT2D eigenvalue weighted by molar-refractivity contribution is -0.142. The summed E-state index contributed by atoms with van der Waals surface area (Å²) in [6.07, 6.45) is 3.55. The molecular formula is C41H68N10O10. The van der Waals surface area contributed by atoms with Gasteiger partial charge >= 0.3 is 11.9 Å². The van der Waals surface area contributed by atoms with Crippen molar-refractivity contribution in [2.45, 2.75) is 140 Å². The second kappa shape index (κ2) is 27.6. The Morgan fingerprint density at radius 2 is 1.18 bits per heavy atom. The first-order valence-electron chi connectivity index (χ1n) is 21.2. The molecule has 0 spiro atoms. The Balaban J connectivity index is 2.30. The Hall–Kier alpha value is -5.18. The van der Waals surface area contributed by atoms with Gasteiger partial charge in [-0.25, -0.2) is 4.79 Å². The minimum absolute atomic E-state index is 0.0109. The molecule has 1 aromatic carbocycles. The molecule has 0 bridgehead atoms. The summed E-state index contributed by atoms with van der Waals surface area (Å²) in [4.78, 5) is 107. The predicted molar refractivity (Wildman–Crippen MR) is 226 cm³/mol. The molecule has 0 radical (unpaired) electrons. The number of amides is 6. The highest BCUT2D eigenvalue weighted by Gasteiger charge is 2.39. The standard InChI is InChI=1S/C41H68N10O10/c1-25(2)34(50-38(57)32-18-12-22-51(32)40(59)27(45)15-6-9-19-42)39(58)49-31(24-33(52)53)37(56)46-28(16-7-10-20-43)35(54)48-30(23-26-13-4-3-5-14-26)36(55)47-29(41(60)61)17-8-11-21-44/h3-5,13-14,25,27-32,34H,6-12,15-24,42-45H2,1-2H3,(H,46,56)(H,47,55)(H,48,54)(H,49,58)(H,50,57)(H,52,53)(H,60,61)/t27-,28-,29-,30-,31-,32-,34-/m0/s1. The number of hydrogen-bond acceptors (Lipinski definition) is 12. The summed E-state index contributed by atoms with van der Waals surface area (Å²) in [7, 11) is 0. The molecule has 6 amide bonds. The lowest BCUT2D eigenvalue weighted by Crippen LogP contribution is -2.60. The second-order valence-electron chi connectivity index (χ2n) is 15.8. The molecule has 342 valence electrons. The first kappa shape index (κ1) is 52.0. The van der Waals surface area contributed by atoms with Crippen molar-refractivity contribution in [2.75, 3.05) is 26.2 Å². The number of nitrogens with one attached hydrogen (secondary N) is 5. The van der Waals surface area contributed by atoms with Crippen LogP contribution in [0.1, 0.15) is 96.5 Å². The van der Waals surface area contributed by atoms with E-state index in [2.05, 4.69) is 26.6 Å². The number of unbranched alkanes of at least 4 members (excludes halogenated alkanes) is 3. The van der Waals surface area contributed by atoms with Crippen LogP contribution >= 0.6 is 0 Å². The number of carbonyl (C=O) groups excluding carboxylic acids is 6. The molecule has 15 N–H and O–H groups in total. The molecule has 20 heteroatoms. The van der Waals surface area contributed by atoms with Crippen molar-refractivity contribution in [3.63, 3.8) is 0 Å². The minimum atomic E-state index is -1.71. The van der Waals surface area contributed by atoms with Gasteiger partial charge in [0.25, 0.3) is 0 Å². The van der Waals surface area contributed by atoms with E-state index in [0.29, 0.717) is 83.0 Å². The Kier molecular flexibility index (Phi) is 23.5. The first-order valence-corrected chi connectivity index (χ1v) is 21.2. The molecule has 20 nitrogen and oxygen atoms in total. The van der Waals surface area contributed by atoms with Gasteiger partial charge in [0.2, 0.25) is 35.4 Å². The zero-order valence-electron chi connectivity index (χ0n) is 35.4. The van der Waals surface area contributed by atoms with Crippen LogP contribution in [-0.2, 0) is 44.8 Å². The average molecular weight is 861 g/mol. The number of carboxylic acid groups (broad SMARTS) is 2. The summed E-state index contributed by atoms with van der Waals surface area (Å²) in [6.45, 7) is 4.64. The van der Waals surface area contributed by atoms with Crippen molar-refractivity contribution in [2.24, 2.45) is 28.9 Å². The number of aliphatic carboxylic acids is 2. The molecule has 7 atom stereocenters. The maximum Gasteiger partial charge on any atom is 0.326 e. The topological polar surface area (TPSA) is 344 Å². The Bertz CT molecular complexity index is 1600. The van der Waals surface area contributed by atoms with Crippen molar-refractivity contribution in [1.82, 2.24) is 31.5 Å². The molecule has 0 saturated carbocycles. The summed E-state index contributed by atoms with van der Waals surface area (Å²) in [5.41, 5.74) is 23.6. The maximum atomic E-state index is 13.9. The van der Waals surface area contributed by atoms with Crippen molar-refractivity contribution in [3.8, 4) is 0 Å². The molecule has 1 aliphatic heterocycles. The first-order chi connectivity index (χ1) is 29.0. The van der Waals surface area contributed by atoms with E-state index >= 15 is 0 Å². The molecular weight excluding hydrogens is 793 g/mol. The van der Waals surface area contributed by atoms with Gasteiger partial charge in [0.05, 0.1) is 12.5 Å². The van der Waals surface area contributed by atoms with Gasteiger partial charge in [-0.1, -0.05) is 50.6 Å². The van der Waals surface area contributed by atoms with Crippen LogP contribution in [0.4, 0.5) is 0 Å². The molecule has 0 aromatic heterocycles. The monoisotopic (exact) mass is 861 g/mol. The van der Waals surface area contributed by atoms with Gasteiger partial charge in [0, 0.05) is 13.0 Å². The van der Waals surface area contributed by atoms with E-state index in [1.165, 1.54) is 4.90 Å². The molecule has 1 fully saturated rings. The second-order valence-corrected chi connectivity index (χ2v) is 15.8. The minimum Gasteiger partial charge on any atom is -0.481 e. The molecule has 2 rings (SSSR count). The number of likely N-dealkylation sites (tertiary alicyclic amines) is 1. The van der Waals surface area contributed by atoms with Gasteiger partial charge < -0.3 is 64.6 Å². The average Bonchev–Trinajstić information content (AvgIpc) is 3.71. The van der Waals surface area contributed by atoms with E-state index in [-0.39, 0.29) is 25.8 Å². The lowest BCUT2D eigenvalue weighted by atomic mass is 10.0.